The second-order valence-electron chi connectivity index (χ2n) is 4.01. The van der Waals surface area contributed by atoms with Crippen molar-refractivity contribution in [1.29, 1.82) is 0 Å². The van der Waals surface area contributed by atoms with Crippen molar-refractivity contribution in [3.8, 4) is 0 Å². The van der Waals surface area contributed by atoms with Gasteiger partial charge in [0.2, 0.25) is 11.0 Å². The van der Waals surface area contributed by atoms with Gasteiger partial charge in [-0.1, -0.05) is 42.1 Å². The number of hydrogen-bond donors (Lipinski definition) is 3. The van der Waals surface area contributed by atoms with Crippen LogP contribution in [0.5, 0.6) is 0 Å². The summed E-state index contributed by atoms with van der Waals surface area (Å²) in [6.07, 6.45) is 6.02. The molecule has 0 aromatic heterocycles. The highest BCUT2D eigenvalue weighted by molar-refractivity contribution is 7.99. The van der Waals surface area contributed by atoms with E-state index in [1.165, 1.54) is 23.4 Å². The molecule has 0 bridgehead atoms. The molecule has 96 valence electrons. The van der Waals surface area contributed by atoms with Gasteiger partial charge in [-0.3, -0.25) is 10.1 Å². The van der Waals surface area contributed by atoms with Gasteiger partial charge in [0.1, 0.15) is 0 Å². The largest absolute Gasteiger partial charge is 0.348 e. The quantitative estimate of drug-likeness (QED) is 0.695. The lowest BCUT2D eigenvalue weighted by Crippen LogP contribution is -2.65. The molecule has 5 heteroatoms. The summed E-state index contributed by atoms with van der Waals surface area (Å²) in [5.74, 6) is -0.0877. The number of amides is 1. The highest BCUT2D eigenvalue weighted by Crippen LogP contribution is 2.15. The Kier molecular flexibility index (Phi) is 4.28. The van der Waals surface area contributed by atoms with E-state index in [0.717, 1.165) is 13.0 Å². The van der Waals surface area contributed by atoms with Crippen LogP contribution in [0.4, 0.5) is 0 Å². The third-order valence-electron chi connectivity index (χ3n) is 2.76. The summed E-state index contributed by atoms with van der Waals surface area (Å²) in [7, 11) is 0. The Balaban J connectivity index is 1.88. The van der Waals surface area contributed by atoms with Crippen molar-refractivity contribution in [3.05, 3.63) is 48.2 Å². The maximum absolute atomic E-state index is 11.4. The highest BCUT2D eigenvalue weighted by atomic mass is 32.2. The molecule has 0 saturated heterocycles. The van der Waals surface area contributed by atoms with Gasteiger partial charge in [-0.15, -0.1) is 0 Å². The number of thioether (sulfide) groups is 1. The summed E-state index contributed by atoms with van der Waals surface area (Å²) in [4.78, 5) is 11.4. The third kappa shape index (κ3) is 3.27. The standard InChI is InChI=1S/C13H17N3OS/c1-18-13(15-10-8-12(17)16-13)14-9-7-11-5-3-2-4-6-11/h2-6,8,10,14-15H,7,9H2,1H3,(H,16,17)/t13-/m1/s1. The third-order valence-corrected chi connectivity index (χ3v) is 3.73. The maximum Gasteiger partial charge on any atom is 0.248 e. The van der Waals surface area contributed by atoms with Crippen LogP contribution in [-0.2, 0) is 11.2 Å². The van der Waals surface area contributed by atoms with Crippen LogP contribution < -0.4 is 16.0 Å². The van der Waals surface area contributed by atoms with Crippen LogP contribution in [0.1, 0.15) is 5.56 Å². The van der Waals surface area contributed by atoms with E-state index < -0.39 is 5.12 Å². The van der Waals surface area contributed by atoms with Gasteiger partial charge in [0.05, 0.1) is 0 Å². The summed E-state index contributed by atoms with van der Waals surface area (Å²) >= 11 is 1.53. The summed E-state index contributed by atoms with van der Waals surface area (Å²) in [6.45, 7) is 0.784. The minimum Gasteiger partial charge on any atom is -0.348 e. The monoisotopic (exact) mass is 263 g/mol. The van der Waals surface area contributed by atoms with Crippen LogP contribution in [0.2, 0.25) is 0 Å². The smallest absolute Gasteiger partial charge is 0.248 e. The number of nitrogens with one attached hydrogen (secondary N) is 3. The van der Waals surface area contributed by atoms with Crippen LogP contribution in [0, 0.1) is 0 Å². The molecule has 1 amide bonds. The van der Waals surface area contributed by atoms with Gasteiger partial charge in [-0.2, -0.15) is 0 Å². The van der Waals surface area contributed by atoms with Gasteiger partial charge in [0.15, 0.2) is 0 Å². The van der Waals surface area contributed by atoms with Crippen LogP contribution in [0.3, 0.4) is 0 Å². The zero-order chi connectivity index (χ0) is 12.8. The molecule has 0 aliphatic carbocycles. The Bertz CT molecular complexity index is 435. The number of carbonyl (C=O) groups excluding carboxylic acids is 1. The van der Waals surface area contributed by atoms with Crippen molar-refractivity contribution in [2.24, 2.45) is 0 Å². The van der Waals surface area contributed by atoms with E-state index in [2.05, 4.69) is 28.1 Å². The van der Waals surface area contributed by atoms with E-state index in [0.29, 0.717) is 0 Å². The van der Waals surface area contributed by atoms with E-state index in [1.807, 2.05) is 24.5 Å². The molecular weight excluding hydrogens is 246 g/mol. The highest BCUT2D eigenvalue weighted by Gasteiger charge is 2.30. The maximum atomic E-state index is 11.4. The lowest BCUT2D eigenvalue weighted by Gasteiger charge is -2.36. The zero-order valence-electron chi connectivity index (χ0n) is 10.3. The van der Waals surface area contributed by atoms with Crippen LogP contribution in [-0.4, -0.2) is 23.8 Å². The fraction of sp³-hybridized carbons (Fsp3) is 0.308. The summed E-state index contributed by atoms with van der Waals surface area (Å²) in [6, 6.07) is 10.3. The van der Waals surface area contributed by atoms with Gasteiger partial charge in [0, 0.05) is 18.8 Å². The molecule has 3 N–H and O–H groups in total. The molecule has 0 saturated carbocycles. The molecule has 0 radical (unpaired) electrons. The molecule has 2 rings (SSSR count). The average Bonchev–Trinajstić information content (AvgIpc) is 2.40. The van der Waals surface area contributed by atoms with Crippen LogP contribution in [0.25, 0.3) is 0 Å². The summed E-state index contributed by atoms with van der Waals surface area (Å²) in [5.41, 5.74) is 1.28. The summed E-state index contributed by atoms with van der Waals surface area (Å²) in [5, 5.41) is 8.75. The molecule has 0 fully saturated rings. The molecule has 1 aliphatic rings. The van der Waals surface area contributed by atoms with Crippen molar-refractivity contribution in [1.82, 2.24) is 16.0 Å². The van der Waals surface area contributed by atoms with E-state index in [4.69, 9.17) is 0 Å². The molecule has 0 spiro atoms. The molecule has 1 aromatic rings. The molecule has 4 nitrogen and oxygen atoms in total. The van der Waals surface area contributed by atoms with E-state index in [1.54, 1.807) is 6.20 Å². The van der Waals surface area contributed by atoms with Gasteiger partial charge in [-0.05, 0) is 18.2 Å². The van der Waals surface area contributed by atoms with Crippen molar-refractivity contribution in [2.75, 3.05) is 12.8 Å². The Labute approximate surface area is 111 Å². The summed E-state index contributed by atoms with van der Waals surface area (Å²) < 4.78 is 0. The van der Waals surface area contributed by atoms with E-state index in [-0.39, 0.29) is 5.91 Å². The number of carbonyl (C=O) groups is 1. The molecule has 1 atom stereocenters. The first kappa shape index (κ1) is 13.0. The first-order chi connectivity index (χ1) is 8.74. The van der Waals surface area contributed by atoms with Crippen LogP contribution >= 0.6 is 11.8 Å². The minimum absolute atomic E-state index is 0.0877. The van der Waals surface area contributed by atoms with Gasteiger partial charge < -0.3 is 10.6 Å². The molecule has 1 aromatic carbocycles. The second kappa shape index (κ2) is 5.93. The average molecular weight is 263 g/mol. The van der Waals surface area contributed by atoms with Crippen molar-refractivity contribution >= 4 is 17.7 Å². The first-order valence-electron chi connectivity index (χ1n) is 5.84. The first-order valence-corrected chi connectivity index (χ1v) is 7.07. The number of benzene rings is 1. The lowest BCUT2D eigenvalue weighted by atomic mass is 10.1. The van der Waals surface area contributed by atoms with Gasteiger partial charge in [0.25, 0.3) is 0 Å². The van der Waals surface area contributed by atoms with E-state index >= 15 is 0 Å². The second-order valence-corrected chi connectivity index (χ2v) is 5.04. The molecule has 1 aliphatic heterocycles. The Morgan fingerprint density at radius 2 is 2.11 bits per heavy atom. The van der Waals surface area contributed by atoms with Crippen molar-refractivity contribution in [3.63, 3.8) is 0 Å². The Morgan fingerprint density at radius 1 is 1.33 bits per heavy atom. The van der Waals surface area contributed by atoms with Gasteiger partial charge in [-0.25, -0.2) is 0 Å². The number of hydrogen-bond acceptors (Lipinski definition) is 4. The lowest BCUT2D eigenvalue weighted by molar-refractivity contribution is -0.118. The van der Waals surface area contributed by atoms with E-state index in [9.17, 15) is 4.79 Å². The fourth-order valence-corrected chi connectivity index (χ4v) is 2.43. The Hall–Kier alpha value is -1.46. The van der Waals surface area contributed by atoms with Gasteiger partial charge >= 0.3 is 0 Å². The molecule has 1 heterocycles. The van der Waals surface area contributed by atoms with Crippen molar-refractivity contribution in [2.45, 2.75) is 11.5 Å². The molecular formula is C13H17N3OS. The van der Waals surface area contributed by atoms with Crippen LogP contribution in [0.15, 0.2) is 42.6 Å². The Morgan fingerprint density at radius 3 is 2.78 bits per heavy atom. The zero-order valence-corrected chi connectivity index (χ0v) is 11.1. The predicted octanol–water partition coefficient (Wildman–Crippen LogP) is 1.03. The SMILES string of the molecule is CS[C@]1(NCCc2ccccc2)NC=CC(=O)N1. The minimum atomic E-state index is -0.597. The normalized spacial score (nSPS) is 22.4. The predicted molar refractivity (Wildman–Crippen MR) is 74.8 cm³/mol. The number of rotatable bonds is 5. The van der Waals surface area contributed by atoms with Crippen molar-refractivity contribution < 1.29 is 4.79 Å². The molecule has 18 heavy (non-hydrogen) atoms. The topological polar surface area (TPSA) is 53.2 Å². The fourth-order valence-electron chi connectivity index (χ4n) is 1.79. The molecule has 0 unspecified atom stereocenters.